The Hall–Kier alpha value is -0.870. The molecule has 4 heteroatoms. The number of nitrogens with zero attached hydrogens (tertiary/aromatic N) is 3. The van der Waals surface area contributed by atoms with E-state index in [1.54, 1.807) is 0 Å². The van der Waals surface area contributed by atoms with Crippen molar-refractivity contribution in [3.05, 3.63) is 18.0 Å². The number of rotatable bonds is 3. The second-order valence-corrected chi connectivity index (χ2v) is 5.13. The molecule has 82 valence electrons. The first kappa shape index (κ1) is 9.36. The molecule has 0 amide bonds. The van der Waals surface area contributed by atoms with Crippen LogP contribution in [0.3, 0.4) is 0 Å². The van der Waals surface area contributed by atoms with Crippen molar-refractivity contribution < 1.29 is 0 Å². The van der Waals surface area contributed by atoms with Crippen LogP contribution < -0.4 is 5.73 Å². The summed E-state index contributed by atoms with van der Waals surface area (Å²) in [5, 5.41) is 4.37. The summed E-state index contributed by atoms with van der Waals surface area (Å²) in [6, 6.07) is 2.08. The lowest BCUT2D eigenvalue weighted by Crippen LogP contribution is -2.68. The van der Waals surface area contributed by atoms with E-state index in [1.165, 1.54) is 12.8 Å². The molecule has 0 bridgehead atoms. The molecule has 2 fully saturated rings. The molecule has 1 saturated heterocycles. The summed E-state index contributed by atoms with van der Waals surface area (Å²) in [7, 11) is 1.96. The van der Waals surface area contributed by atoms with Gasteiger partial charge < -0.3 is 5.73 Å². The van der Waals surface area contributed by atoms with Gasteiger partial charge in [-0.2, -0.15) is 5.10 Å². The standard InChI is InChI=1S/C11H18N4/c1-14-5-4-10(13-14)6-15-7-11(12,8-15)9-2-3-9/h4-5,9H,2-3,6-8,12H2,1H3. The highest BCUT2D eigenvalue weighted by atomic mass is 15.3. The molecule has 4 nitrogen and oxygen atoms in total. The van der Waals surface area contributed by atoms with Crippen LogP contribution in [0, 0.1) is 5.92 Å². The zero-order valence-electron chi connectivity index (χ0n) is 9.19. The number of hydrogen-bond acceptors (Lipinski definition) is 3. The van der Waals surface area contributed by atoms with E-state index >= 15 is 0 Å². The van der Waals surface area contributed by atoms with Crippen LogP contribution in [-0.4, -0.2) is 33.3 Å². The minimum absolute atomic E-state index is 0.134. The highest BCUT2D eigenvalue weighted by Gasteiger charge is 2.49. The molecule has 0 atom stereocenters. The molecule has 3 rings (SSSR count). The van der Waals surface area contributed by atoms with Gasteiger partial charge in [-0.3, -0.25) is 9.58 Å². The minimum atomic E-state index is 0.134. The summed E-state index contributed by atoms with van der Waals surface area (Å²) < 4.78 is 1.85. The molecule has 1 aliphatic carbocycles. The first-order valence-corrected chi connectivity index (χ1v) is 5.65. The molecule has 0 aromatic carbocycles. The first-order valence-electron chi connectivity index (χ1n) is 5.65. The summed E-state index contributed by atoms with van der Waals surface area (Å²) in [6.45, 7) is 3.05. The van der Waals surface area contributed by atoms with Gasteiger partial charge in [0.25, 0.3) is 0 Å². The Morgan fingerprint density at radius 3 is 2.80 bits per heavy atom. The van der Waals surface area contributed by atoms with E-state index in [4.69, 9.17) is 5.73 Å². The largest absolute Gasteiger partial charge is 0.323 e. The van der Waals surface area contributed by atoms with Gasteiger partial charge in [0.05, 0.1) is 5.69 Å². The highest BCUT2D eigenvalue weighted by Crippen LogP contribution is 2.43. The Labute approximate surface area is 90.0 Å². The Bertz CT molecular complexity index is 360. The molecule has 1 aromatic rings. The van der Waals surface area contributed by atoms with Gasteiger partial charge in [-0.15, -0.1) is 0 Å². The van der Waals surface area contributed by atoms with Gasteiger partial charge in [0, 0.05) is 38.4 Å². The van der Waals surface area contributed by atoms with Gasteiger partial charge in [-0.25, -0.2) is 0 Å². The first-order chi connectivity index (χ1) is 7.16. The van der Waals surface area contributed by atoms with Crippen molar-refractivity contribution in [1.82, 2.24) is 14.7 Å². The molecule has 1 aromatic heterocycles. The molecule has 2 N–H and O–H groups in total. The van der Waals surface area contributed by atoms with Crippen molar-refractivity contribution in [2.45, 2.75) is 24.9 Å². The lowest BCUT2D eigenvalue weighted by atomic mass is 9.86. The molecular formula is C11H18N4. The third kappa shape index (κ3) is 1.68. The van der Waals surface area contributed by atoms with Crippen LogP contribution in [0.2, 0.25) is 0 Å². The summed E-state index contributed by atoms with van der Waals surface area (Å²) in [5.41, 5.74) is 7.57. The van der Waals surface area contributed by atoms with Crippen LogP contribution in [0.1, 0.15) is 18.5 Å². The van der Waals surface area contributed by atoms with Gasteiger partial charge in [0.15, 0.2) is 0 Å². The lowest BCUT2D eigenvalue weighted by Gasteiger charge is -2.48. The second kappa shape index (κ2) is 3.06. The van der Waals surface area contributed by atoms with Crippen molar-refractivity contribution in [2.24, 2.45) is 18.7 Å². The van der Waals surface area contributed by atoms with Gasteiger partial charge in [0.1, 0.15) is 0 Å². The minimum Gasteiger partial charge on any atom is -0.323 e. The average Bonchev–Trinajstić information content (AvgIpc) is 2.90. The molecule has 2 aliphatic rings. The number of aryl methyl sites for hydroxylation is 1. The summed E-state index contributed by atoms with van der Waals surface area (Å²) in [5.74, 6) is 0.803. The highest BCUT2D eigenvalue weighted by molar-refractivity contribution is 5.10. The van der Waals surface area contributed by atoms with E-state index in [2.05, 4.69) is 16.1 Å². The summed E-state index contributed by atoms with van der Waals surface area (Å²) in [4.78, 5) is 2.39. The predicted octanol–water partition coefficient (Wildman–Crippen LogP) is 0.343. The van der Waals surface area contributed by atoms with E-state index in [1.807, 2.05) is 17.9 Å². The van der Waals surface area contributed by atoms with Crippen molar-refractivity contribution in [1.29, 1.82) is 0 Å². The predicted molar refractivity (Wildman–Crippen MR) is 58.1 cm³/mol. The van der Waals surface area contributed by atoms with E-state index in [9.17, 15) is 0 Å². The third-order valence-electron chi connectivity index (χ3n) is 3.58. The smallest absolute Gasteiger partial charge is 0.0764 e. The maximum Gasteiger partial charge on any atom is 0.0764 e. The quantitative estimate of drug-likeness (QED) is 0.776. The van der Waals surface area contributed by atoms with E-state index < -0.39 is 0 Å². The fourth-order valence-electron chi connectivity index (χ4n) is 2.59. The van der Waals surface area contributed by atoms with E-state index in [0.29, 0.717) is 0 Å². The maximum atomic E-state index is 6.29. The number of hydrogen-bond donors (Lipinski definition) is 1. The molecule has 2 heterocycles. The monoisotopic (exact) mass is 206 g/mol. The molecule has 0 unspecified atom stereocenters. The molecule has 0 radical (unpaired) electrons. The Kier molecular flexibility index (Phi) is 1.91. The zero-order chi connectivity index (χ0) is 10.5. The van der Waals surface area contributed by atoms with Crippen LogP contribution in [0.5, 0.6) is 0 Å². The van der Waals surface area contributed by atoms with Gasteiger partial charge in [0.2, 0.25) is 0 Å². The van der Waals surface area contributed by atoms with Gasteiger partial charge >= 0.3 is 0 Å². The fourth-order valence-corrected chi connectivity index (χ4v) is 2.59. The summed E-state index contributed by atoms with van der Waals surface area (Å²) in [6.07, 6.45) is 4.67. The Morgan fingerprint density at radius 2 is 2.27 bits per heavy atom. The molecule has 1 aliphatic heterocycles. The van der Waals surface area contributed by atoms with Gasteiger partial charge in [-0.1, -0.05) is 0 Å². The lowest BCUT2D eigenvalue weighted by molar-refractivity contribution is 0.0466. The molecule has 15 heavy (non-hydrogen) atoms. The topological polar surface area (TPSA) is 47.1 Å². The van der Waals surface area contributed by atoms with Crippen molar-refractivity contribution in [3.63, 3.8) is 0 Å². The van der Waals surface area contributed by atoms with Crippen molar-refractivity contribution >= 4 is 0 Å². The van der Waals surface area contributed by atoms with E-state index in [0.717, 1.165) is 31.2 Å². The summed E-state index contributed by atoms with van der Waals surface area (Å²) >= 11 is 0. The van der Waals surface area contributed by atoms with Crippen LogP contribution in [0.25, 0.3) is 0 Å². The van der Waals surface area contributed by atoms with Crippen LogP contribution in [0.4, 0.5) is 0 Å². The van der Waals surface area contributed by atoms with Crippen molar-refractivity contribution in [3.8, 4) is 0 Å². The molecule has 1 saturated carbocycles. The third-order valence-corrected chi connectivity index (χ3v) is 3.58. The number of aromatic nitrogens is 2. The Balaban J connectivity index is 1.55. The van der Waals surface area contributed by atoms with Crippen molar-refractivity contribution in [2.75, 3.05) is 13.1 Å². The second-order valence-electron chi connectivity index (χ2n) is 5.13. The van der Waals surface area contributed by atoms with Crippen LogP contribution in [-0.2, 0) is 13.6 Å². The average molecular weight is 206 g/mol. The molecular weight excluding hydrogens is 188 g/mol. The SMILES string of the molecule is Cn1ccc(CN2CC(N)(C3CC3)C2)n1. The number of nitrogens with two attached hydrogens (primary N) is 1. The van der Waals surface area contributed by atoms with Gasteiger partial charge in [-0.05, 0) is 24.8 Å². The fraction of sp³-hybridized carbons (Fsp3) is 0.727. The maximum absolute atomic E-state index is 6.29. The molecule has 0 spiro atoms. The van der Waals surface area contributed by atoms with Crippen LogP contribution in [0.15, 0.2) is 12.3 Å². The Morgan fingerprint density at radius 1 is 1.53 bits per heavy atom. The van der Waals surface area contributed by atoms with E-state index in [-0.39, 0.29) is 5.54 Å². The zero-order valence-corrected chi connectivity index (χ0v) is 9.19. The normalized spacial score (nSPS) is 25.2. The number of likely N-dealkylation sites (tertiary alicyclic amines) is 1. The van der Waals surface area contributed by atoms with Crippen LogP contribution >= 0.6 is 0 Å².